The second-order valence-electron chi connectivity index (χ2n) is 3.95. The summed E-state index contributed by atoms with van der Waals surface area (Å²) in [7, 11) is 1.62. The van der Waals surface area contributed by atoms with Crippen molar-refractivity contribution in [3.63, 3.8) is 0 Å². The normalized spacial score (nSPS) is 10.2. The first-order valence-corrected chi connectivity index (χ1v) is 5.70. The maximum absolute atomic E-state index is 12.6. The maximum atomic E-state index is 12.6. The number of methoxy groups -OCH3 is 1. The van der Waals surface area contributed by atoms with Gasteiger partial charge in [0, 0.05) is 19.0 Å². The second kappa shape index (κ2) is 6.06. The molecular weight excluding hydrogens is 247 g/mol. The monoisotopic (exact) mass is 260 g/mol. The van der Waals surface area contributed by atoms with E-state index in [9.17, 15) is 9.18 Å². The van der Waals surface area contributed by atoms with Gasteiger partial charge in [0.2, 0.25) is 5.95 Å². The van der Waals surface area contributed by atoms with E-state index in [1.54, 1.807) is 19.2 Å². The van der Waals surface area contributed by atoms with E-state index in [0.717, 1.165) is 11.6 Å². The van der Waals surface area contributed by atoms with Crippen LogP contribution in [0.15, 0.2) is 42.6 Å². The molecule has 1 aromatic heterocycles. The summed E-state index contributed by atoms with van der Waals surface area (Å²) < 4.78 is 17.6. The number of aromatic nitrogens is 1. The van der Waals surface area contributed by atoms with Gasteiger partial charge in [-0.25, -0.2) is 4.98 Å². The van der Waals surface area contributed by atoms with E-state index in [0.29, 0.717) is 17.9 Å². The molecule has 0 aliphatic carbocycles. The van der Waals surface area contributed by atoms with Gasteiger partial charge in [-0.2, -0.15) is 4.39 Å². The third kappa shape index (κ3) is 3.59. The van der Waals surface area contributed by atoms with Crippen molar-refractivity contribution >= 4 is 11.6 Å². The van der Waals surface area contributed by atoms with Crippen LogP contribution in [-0.4, -0.2) is 18.0 Å². The van der Waals surface area contributed by atoms with Crippen LogP contribution in [0.3, 0.4) is 0 Å². The van der Waals surface area contributed by atoms with Crippen molar-refractivity contribution in [2.24, 2.45) is 0 Å². The maximum Gasteiger partial charge on any atom is 0.257 e. The third-order valence-corrected chi connectivity index (χ3v) is 2.51. The number of hydrogen-bond donors (Lipinski definition) is 1. The minimum Gasteiger partial charge on any atom is -0.380 e. The van der Waals surface area contributed by atoms with Gasteiger partial charge in [-0.1, -0.05) is 12.1 Å². The number of rotatable bonds is 4. The van der Waals surface area contributed by atoms with Crippen LogP contribution >= 0.6 is 0 Å². The highest BCUT2D eigenvalue weighted by atomic mass is 19.1. The van der Waals surface area contributed by atoms with Crippen molar-refractivity contribution in [3.8, 4) is 0 Å². The summed E-state index contributed by atoms with van der Waals surface area (Å²) in [5.74, 6) is -0.938. The Labute approximate surface area is 110 Å². The predicted molar refractivity (Wildman–Crippen MR) is 69.3 cm³/mol. The number of benzene rings is 1. The number of nitrogens with zero attached hydrogens (tertiary/aromatic N) is 1. The molecule has 0 saturated carbocycles. The molecule has 1 amide bonds. The number of carbonyl (C=O) groups excluding carboxylic acids is 1. The SMILES string of the molecule is COCc1ccc(NC(=O)c2ccc(F)nc2)cc1. The molecule has 1 N–H and O–H groups in total. The van der Waals surface area contributed by atoms with E-state index in [2.05, 4.69) is 10.3 Å². The molecule has 0 saturated heterocycles. The van der Waals surface area contributed by atoms with E-state index >= 15 is 0 Å². The lowest BCUT2D eigenvalue weighted by Crippen LogP contribution is -2.12. The summed E-state index contributed by atoms with van der Waals surface area (Å²) in [6, 6.07) is 9.82. The van der Waals surface area contributed by atoms with Crippen molar-refractivity contribution in [1.29, 1.82) is 0 Å². The first-order chi connectivity index (χ1) is 9.19. The number of anilines is 1. The van der Waals surface area contributed by atoms with Crippen molar-refractivity contribution < 1.29 is 13.9 Å². The molecule has 1 aromatic carbocycles. The van der Waals surface area contributed by atoms with E-state index in [-0.39, 0.29) is 5.91 Å². The molecule has 4 nitrogen and oxygen atoms in total. The van der Waals surface area contributed by atoms with Crippen LogP contribution < -0.4 is 5.32 Å². The number of halogens is 1. The molecule has 0 bridgehead atoms. The first-order valence-electron chi connectivity index (χ1n) is 5.70. The summed E-state index contributed by atoms with van der Waals surface area (Å²) in [5.41, 5.74) is 1.99. The Morgan fingerprint density at radius 3 is 2.58 bits per heavy atom. The standard InChI is InChI=1S/C14H13FN2O2/c1-19-9-10-2-5-12(6-3-10)17-14(18)11-4-7-13(15)16-8-11/h2-8H,9H2,1H3,(H,17,18). The van der Waals surface area contributed by atoms with Gasteiger partial charge in [-0.05, 0) is 29.8 Å². The van der Waals surface area contributed by atoms with Crippen LogP contribution in [0, 0.1) is 5.95 Å². The molecule has 1 heterocycles. The topological polar surface area (TPSA) is 51.2 Å². The summed E-state index contributed by atoms with van der Waals surface area (Å²) in [6.45, 7) is 0.524. The lowest BCUT2D eigenvalue weighted by molar-refractivity contribution is 0.102. The van der Waals surface area contributed by atoms with Crippen LogP contribution in [0.2, 0.25) is 0 Å². The van der Waals surface area contributed by atoms with E-state index < -0.39 is 5.95 Å². The van der Waals surface area contributed by atoms with Gasteiger partial charge in [0.1, 0.15) is 0 Å². The lowest BCUT2D eigenvalue weighted by Gasteiger charge is -2.06. The molecule has 0 radical (unpaired) electrons. The van der Waals surface area contributed by atoms with Crippen LogP contribution in [0.1, 0.15) is 15.9 Å². The second-order valence-corrected chi connectivity index (χ2v) is 3.95. The summed E-state index contributed by atoms with van der Waals surface area (Å²) in [4.78, 5) is 15.3. The molecule has 19 heavy (non-hydrogen) atoms. The minimum absolute atomic E-state index is 0.308. The van der Waals surface area contributed by atoms with E-state index in [1.807, 2.05) is 12.1 Å². The van der Waals surface area contributed by atoms with Crippen LogP contribution in [0.5, 0.6) is 0 Å². The number of ether oxygens (including phenoxy) is 1. The highest BCUT2D eigenvalue weighted by Gasteiger charge is 2.06. The van der Waals surface area contributed by atoms with Crippen LogP contribution in [-0.2, 0) is 11.3 Å². The lowest BCUT2D eigenvalue weighted by atomic mass is 10.2. The molecule has 0 unspecified atom stereocenters. The van der Waals surface area contributed by atoms with Gasteiger partial charge < -0.3 is 10.1 Å². The highest BCUT2D eigenvalue weighted by Crippen LogP contribution is 2.11. The Morgan fingerprint density at radius 1 is 1.26 bits per heavy atom. The van der Waals surface area contributed by atoms with Crippen molar-refractivity contribution in [2.45, 2.75) is 6.61 Å². The van der Waals surface area contributed by atoms with Gasteiger partial charge in [-0.15, -0.1) is 0 Å². The summed E-state index contributed by atoms with van der Waals surface area (Å²) in [6.07, 6.45) is 1.20. The van der Waals surface area contributed by atoms with Gasteiger partial charge in [0.05, 0.1) is 12.2 Å². The Morgan fingerprint density at radius 2 is 2.00 bits per heavy atom. The molecule has 0 aliphatic rings. The number of amides is 1. The number of nitrogens with one attached hydrogen (secondary N) is 1. The van der Waals surface area contributed by atoms with Gasteiger partial charge in [0.25, 0.3) is 5.91 Å². The van der Waals surface area contributed by atoms with Gasteiger partial charge in [-0.3, -0.25) is 4.79 Å². The van der Waals surface area contributed by atoms with Gasteiger partial charge in [0.15, 0.2) is 0 Å². The van der Waals surface area contributed by atoms with E-state index in [1.165, 1.54) is 12.3 Å². The van der Waals surface area contributed by atoms with Gasteiger partial charge >= 0.3 is 0 Å². The smallest absolute Gasteiger partial charge is 0.257 e. The fourth-order valence-electron chi connectivity index (χ4n) is 1.56. The van der Waals surface area contributed by atoms with E-state index in [4.69, 9.17) is 4.74 Å². The zero-order chi connectivity index (χ0) is 13.7. The Bertz CT molecular complexity index is 553. The number of pyridine rings is 1. The largest absolute Gasteiger partial charge is 0.380 e. The van der Waals surface area contributed by atoms with Crippen molar-refractivity contribution in [2.75, 3.05) is 12.4 Å². The zero-order valence-corrected chi connectivity index (χ0v) is 10.4. The molecule has 0 atom stereocenters. The summed E-state index contributed by atoms with van der Waals surface area (Å²) in [5, 5.41) is 2.70. The Hall–Kier alpha value is -2.27. The molecule has 0 fully saturated rings. The quantitative estimate of drug-likeness (QED) is 0.860. The average molecular weight is 260 g/mol. The fraction of sp³-hybridized carbons (Fsp3) is 0.143. The molecule has 5 heteroatoms. The molecule has 2 rings (SSSR count). The predicted octanol–water partition coefficient (Wildman–Crippen LogP) is 2.62. The molecule has 98 valence electrons. The van der Waals surface area contributed by atoms with Crippen molar-refractivity contribution in [3.05, 3.63) is 59.7 Å². The molecule has 0 aliphatic heterocycles. The highest BCUT2D eigenvalue weighted by molar-refractivity contribution is 6.03. The minimum atomic E-state index is -0.611. The van der Waals surface area contributed by atoms with Crippen molar-refractivity contribution in [1.82, 2.24) is 4.98 Å². The average Bonchev–Trinajstić information content (AvgIpc) is 2.42. The first kappa shape index (κ1) is 13.2. The molecule has 2 aromatic rings. The third-order valence-electron chi connectivity index (χ3n) is 2.51. The fourth-order valence-corrected chi connectivity index (χ4v) is 1.56. The Kier molecular flexibility index (Phi) is 4.20. The van der Waals surface area contributed by atoms with Crippen LogP contribution in [0.4, 0.5) is 10.1 Å². The summed E-state index contributed by atoms with van der Waals surface area (Å²) >= 11 is 0. The molecule has 0 spiro atoms. The number of carbonyl (C=O) groups is 1. The zero-order valence-electron chi connectivity index (χ0n) is 10.4. The number of hydrogen-bond acceptors (Lipinski definition) is 3. The Balaban J connectivity index is 2.04. The van der Waals surface area contributed by atoms with Crippen LogP contribution in [0.25, 0.3) is 0 Å². The molecular formula is C14H13FN2O2.